The molecule has 5 rings (SSSR count). The molecule has 3 aromatic rings. The summed E-state index contributed by atoms with van der Waals surface area (Å²) in [6.45, 7) is 0.740. The van der Waals surface area contributed by atoms with Crippen LogP contribution in [0.5, 0.6) is 0 Å². The van der Waals surface area contributed by atoms with Crippen LogP contribution in [-0.4, -0.2) is 53.3 Å². The van der Waals surface area contributed by atoms with Crippen molar-refractivity contribution in [1.29, 1.82) is 0 Å². The highest BCUT2D eigenvalue weighted by molar-refractivity contribution is 7.90. The van der Waals surface area contributed by atoms with Gasteiger partial charge in [-0.1, -0.05) is 0 Å². The Bertz CT molecular complexity index is 1230. The molecule has 10 nitrogen and oxygen atoms in total. The first-order valence-corrected chi connectivity index (χ1v) is 11.7. The molecule has 1 aromatic carbocycles. The summed E-state index contributed by atoms with van der Waals surface area (Å²) in [5, 5.41) is 13.4. The lowest BCUT2D eigenvalue weighted by Gasteiger charge is -2.16. The molecule has 2 aliphatic rings. The predicted molar refractivity (Wildman–Crippen MR) is 113 cm³/mol. The summed E-state index contributed by atoms with van der Waals surface area (Å²) in [5.41, 5.74) is 1.96. The number of amides is 1. The van der Waals surface area contributed by atoms with E-state index in [9.17, 15) is 13.2 Å². The molecule has 1 amide bonds. The van der Waals surface area contributed by atoms with Crippen LogP contribution < -0.4 is 15.5 Å². The molecule has 2 aromatic heterocycles. The van der Waals surface area contributed by atoms with Crippen LogP contribution in [0.3, 0.4) is 0 Å². The van der Waals surface area contributed by atoms with E-state index in [1.165, 1.54) is 0 Å². The zero-order valence-electron chi connectivity index (χ0n) is 16.3. The van der Waals surface area contributed by atoms with Gasteiger partial charge in [0, 0.05) is 36.6 Å². The Labute approximate surface area is 173 Å². The molecule has 11 heteroatoms. The molecule has 2 fully saturated rings. The van der Waals surface area contributed by atoms with E-state index in [0.717, 1.165) is 43.4 Å². The van der Waals surface area contributed by atoms with Crippen LogP contribution >= 0.6 is 0 Å². The molecule has 1 aliphatic carbocycles. The molecule has 0 spiro atoms. The first-order chi connectivity index (χ1) is 14.4. The summed E-state index contributed by atoms with van der Waals surface area (Å²) in [7, 11) is -3.53. The molecule has 156 valence electrons. The SMILES string of the molecule is CS(=O)(=O)c1n[nH]c2nc(Nc3ccc(N4CCCC4=O)cc3)nc(NC3CC3)c12. The lowest BCUT2D eigenvalue weighted by atomic mass is 10.2. The third kappa shape index (κ3) is 3.56. The molecule has 1 saturated carbocycles. The fraction of sp³-hybridized carbons (Fsp3) is 0.368. The first kappa shape index (κ1) is 18.8. The highest BCUT2D eigenvalue weighted by Gasteiger charge is 2.27. The molecule has 0 atom stereocenters. The average molecular weight is 427 g/mol. The number of benzene rings is 1. The number of fused-ring (bicyclic) bond motifs is 1. The third-order valence-corrected chi connectivity index (χ3v) is 6.16. The lowest BCUT2D eigenvalue weighted by Crippen LogP contribution is -2.23. The molecular formula is C19H21N7O3S. The molecule has 0 bridgehead atoms. The second kappa shape index (κ2) is 6.94. The van der Waals surface area contributed by atoms with E-state index in [0.29, 0.717) is 29.2 Å². The van der Waals surface area contributed by atoms with Gasteiger partial charge in [-0.2, -0.15) is 15.1 Å². The summed E-state index contributed by atoms with van der Waals surface area (Å²) >= 11 is 0. The summed E-state index contributed by atoms with van der Waals surface area (Å²) in [5.74, 6) is 0.902. The van der Waals surface area contributed by atoms with Crippen LogP contribution in [0.15, 0.2) is 29.3 Å². The number of rotatable bonds is 6. The van der Waals surface area contributed by atoms with Gasteiger partial charge in [0.15, 0.2) is 20.5 Å². The van der Waals surface area contributed by atoms with Gasteiger partial charge in [0.05, 0.1) is 0 Å². The quantitative estimate of drug-likeness (QED) is 0.545. The van der Waals surface area contributed by atoms with E-state index in [4.69, 9.17) is 0 Å². The van der Waals surface area contributed by atoms with E-state index < -0.39 is 9.84 Å². The number of hydrogen-bond acceptors (Lipinski definition) is 8. The van der Waals surface area contributed by atoms with Crippen LogP contribution in [0.1, 0.15) is 25.7 Å². The standard InChI is InChI=1S/C19H21N7O3S/c1-30(28,29)18-15-16(20-11-4-5-11)22-19(23-17(15)24-25-18)21-12-6-8-13(9-7-12)26-10-2-3-14(26)27/h6-9,11H,2-5,10H2,1H3,(H3,20,21,22,23,24,25). The smallest absolute Gasteiger partial charge is 0.231 e. The number of aromatic amines is 1. The summed E-state index contributed by atoms with van der Waals surface area (Å²) < 4.78 is 24.2. The Hall–Kier alpha value is -3.21. The maximum Gasteiger partial charge on any atom is 0.231 e. The minimum absolute atomic E-state index is 0.0631. The number of hydrogen-bond donors (Lipinski definition) is 3. The molecule has 0 unspecified atom stereocenters. The first-order valence-electron chi connectivity index (χ1n) is 9.79. The van der Waals surface area contributed by atoms with Crippen molar-refractivity contribution in [3.63, 3.8) is 0 Å². The van der Waals surface area contributed by atoms with Crippen LogP contribution in [-0.2, 0) is 14.6 Å². The van der Waals surface area contributed by atoms with Crippen LogP contribution in [0.2, 0.25) is 0 Å². The van der Waals surface area contributed by atoms with E-state index >= 15 is 0 Å². The number of anilines is 4. The minimum Gasteiger partial charge on any atom is -0.367 e. The summed E-state index contributed by atoms with van der Waals surface area (Å²) in [6, 6.07) is 7.75. The van der Waals surface area contributed by atoms with Gasteiger partial charge in [0.2, 0.25) is 11.9 Å². The maximum atomic E-state index is 12.1. The van der Waals surface area contributed by atoms with Gasteiger partial charge >= 0.3 is 0 Å². The molecule has 0 radical (unpaired) electrons. The van der Waals surface area contributed by atoms with Gasteiger partial charge in [-0.25, -0.2) is 8.42 Å². The van der Waals surface area contributed by atoms with E-state index in [-0.39, 0.29) is 17.0 Å². The van der Waals surface area contributed by atoms with Gasteiger partial charge in [0.25, 0.3) is 0 Å². The lowest BCUT2D eigenvalue weighted by molar-refractivity contribution is -0.117. The van der Waals surface area contributed by atoms with Crippen molar-refractivity contribution in [3.8, 4) is 0 Å². The van der Waals surface area contributed by atoms with Gasteiger partial charge < -0.3 is 15.5 Å². The highest BCUT2D eigenvalue weighted by Crippen LogP contribution is 2.32. The highest BCUT2D eigenvalue weighted by atomic mass is 32.2. The van der Waals surface area contributed by atoms with Crippen molar-refractivity contribution < 1.29 is 13.2 Å². The van der Waals surface area contributed by atoms with Gasteiger partial charge in [0.1, 0.15) is 11.2 Å². The van der Waals surface area contributed by atoms with Crippen molar-refractivity contribution in [2.75, 3.05) is 28.3 Å². The number of carbonyl (C=O) groups excluding carboxylic acids is 1. The summed E-state index contributed by atoms with van der Waals surface area (Å²) in [6.07, 6.45) is 4.60. The topological polar surface area (TPSA) is 133 Å². The van der Waals surface area contributed by atoms with Gasteiger partial charge in [-0.05, 0) is 43.5 Å². The molecular weight excluding hydrogens is 406 g/mol. The number of sulfone groups is 1. The van der Waals surface area contributed by atoms with Crippen molar-refractivity contribution >= 4 is 49.9 Å². The van der Waals surface area contributed by atoms with Crippen LogP contribution in [0, 0.1) is 0 Å². The number of nitrogens with one attached hydrogen (secondary N) is 3. The Morgan fingerprint density at radius 2 is 1.93 bits per heavy atom. The number of nitrogens with zero attached hydrogens (tertiary/aromatic N) is 4. The average Bonchev–Trinajstić information content (AvgIpc) is 3.22. The number of H-pyrrole nitrogens is 1. The maximum absolute atomic E-state index is 12.1. The van der Waals surface area contributed by atoms with E-state index in [1.807, 2.05) is 24.3 Å². The molecule has 3 heterocycles. The van der Waals surface area contributed by atoms with Gasteiger partial charge in [-0.15, -0.1) is 0 Å². The van der Waals surface area contributed by atoms with Crippen molar-refractivity contribution in [2.45, 2.75) is 36.8 Å². The minimum atomic E-state index is -3.53. The number of aromatic nitrogens is 4. The van der Waals surface area contributed by atoms with Gasteiger partial charge in [-0.3, -0.25) is 9.89 Å². The normalized spacial score (nSPS) is 17.0. The second-order valence-corrected chi connectivity index (χ2v) is 9.59. The molecule has 30 heavy (non-hydrogen) atoms. The van der Waals surface area contributed by atoms with Crippen molar-refractivity contribution in [2.24, 2.45) is 0 Å². The Morgan fingerprint density at radius 3 is 2.57 bits per heavy atom. The second-order valence-electron chi connectivity index (χ2n) is 7.66. The Balaban J connectivity index is 1.46. The monoisotopic (exact) mass is 427 g/mol. The molecule has 1 saturated heterocycles. The van der Waals surface area contributed by atoms with Crippen molar-refractivity contribution in [3.05, 3.63) is 24.3 Å². The predicted octanol–water partition coefficient (Wildman–Crippen LogP) is 2.20. The third-order valence-electron chi connectivity index (χ3n) is 5.16. The fourth-order valence-corrected chi connectivity index (χ4v) is 4.30. The molecule has 1 aliphatic heterocycles. The van der Waals surface area contributed by atoms with Crippen LogP contribution in [0.4, 0.5) is 23.1 Å². The Morgan fingerprint density at radius 1 is 1.17 bits per heavy atom. The van der Waals surface area contributed by atoms with Crippen molar-refractivity contribution in [1.82, 2.24) is 20.2 Å². The van der Waals surface area contributed by atoms with E-state index in [1.54, 1.807) is 4.90 Å². The molecule has 3 N–H and O–H groups in total. The summed E-state index contributed by atoms with van der Waals surface area (Å²) in [4.78, 5) is 22.6. The van der Waals surface area contributed by atoms with Crippen LogP contribution in [0.25, 0.3) is 11.0 Å². The fourth-order valence-electron chi connectivity index (χ4n) is 3.53. The van der Waals surface area contributed by atoms with E-state index in [2.05, 4.69) is 30.8 Å². The Kier molecular flexibility index (Phi) is 4.35. The zero-order valence-corrected chi connectivity index (χ0v) is 17.2. The number of carbonyl (C=O) groups is 1. The largest absolute Gasteiger partial charge is 0.367 e. The zero-order chi connectivity index (χ0) is 20.9.